The Hall–Kier alpha value is -0.870. The maximum atomic E-state index is 5.73. The van der Waals surface area contributed by atoms with Crippen molar-refractivity contribution in [2.45, 2.75) is 51.9 Å². The third-order valence-electron chi connectivity index (χ3n) is 2.82. The number of hydrogen-bond acceptors (Lipinski definition) is 4. The van der Waals surface area contributed by atoms with E-state index in [1.807, 2.05) is 0 Å². The van der Waals surface area contributed by atoms with E-state index >= 15 is 0 Å². The predicted octanol–water partition coefficient (Wildman–Crippen LogP) is 2.41. The Labute approximate surface area is 96.4 Å². The van der Waals surface area contributed by atoms with Crippen LogP contribution in [-0.2, 0) is 11.3 Å². The summed E-state index contributed by atoms with van der Waals surface area (Å²) in [6.07, 6.45) is 5.52. The van der Waals surface area contributed by atoms with Crippen LogP contribution in [0.2, 0.25) is 0 Å². The van der Waals surface area contributed by atoms with Crippen LogP contribution in [0.3, 0.4) is 0 Å². The molecule has 1 aliphatic heterocycles. The van der Waals surface area contributed by atoms with Crippen molar-refractivity contribution < 1.29 is 9.15 Å². The minimum Gasteiger partial charge on any atom is -0.442 e. The number of aromatic nitrogens is 1. The molecule has 4 nitrogen and oxygen atoms in total. The molecule has 1 aromatic heterocycles. The van der Waals surface area contributed by atoms with Crippen molar-refractivity contribution in [2.24, 2.45) is 0 Å². The first-order chi connectivity index (χ1) is 7.79. The molecule has 0 spiro atoms. The predicted molar refractivity (Wildman–Crippen MR) is 61.0 cm³/mol. The summed E-state index contributed by atoms with van der Waals surface area (Å²) in [5, 5.41) is 3.27. The van der Waals surface area contributed by atoms with E-state index in [1.165, 1.54) is 0 Å². The Bertz CT molecular complexity index is 325. The van der Waals surface area contributed by atoms with Crippen molar-refractivity contribution in [1.29, 1.82) is 0 Å². The minimum atomic E-state index is 0.113. The molecule has 2 unspecified atom stereocenters. The van der Waals surface area contributed by atoms with Gasteiger partial charge in [0.25, 0.3) is 0 Å². The van der Waals surface area contributed by atoms with Gasteiger partial charge >= 0.3 is 0 Å². The van der Waals surface area contributed by atoms with Crippen LogP contribution >= 0.6 is 0 Å². The zero-order valence-electron chi connectivity index (χ0n) is 10.0. The van der Waals surface area contributed by atoms with Crippen LogP contribution in [0.5, 0.6) is 0 Å². The lowest BCUT2D eigenvalue weighted by Gasteiger charge is -2.06. The summed E-state index contributed by atoms with van der Waals surface area (Å²) >= 11 is 0. The smallest absolute Gasteiger partial charge is 0.208 e. The van der Waals surface area contributed by atoms with Crippen LogP contribution < -0.4 is 5.32 Å². The van der Waals surface area contributed by atoms with Gasteiger partial charge in [-0.25, -0.2) is 4.98 Å². The Morgan fingerprint density at radius 3 is 3.06 bits per heavy atom. The van der Waals surface area contributed by atoms with Gasteiger partial charge in [-0.3, -0.25) is 0 Å². The largest absolute Gasteiger partial charge is 0.442 e. The van der Waals surface area contributed by atoms with Crippen LogP contribution in [0.25, 0.3) is 0 Å². The first-order valence-corrected chi connectivity index (χ1v) is 6.10. The van der Waals surface area contributed by atoms with E-state index < -0.39 is 0 Å². The minimum absolute atomic E-state index is 0.113. The van der Waals surface area contributed by atoms with Gasteiger partial charge < -0.3 is 14.5 Å². The molecule has 0 radical (unpaired) electrons. The molecule has 0 saturated carbocycles. The summed E-state index contributed by atoms with van der Waals surface area (Å²) < 4.78 is 11.4. The molecular formula is C12H20N2O2. The van der Waals surface area contributed by atoms with Gasteiger partial charge in [-0.2, -0.15) is 0 Å². The maximum Gasteiger partial charge on any atom is 0.208 e. The van der Waals surface area contributed by atoms with Crippen LogP contribution in [0.15, 0.2) is 10.6 Å². The second-order valence-electron chi connectivity index (χ2n) is 4.35. The topological polar surface area (TPSA) is 47.3 Å². The van der Waals surface area contributed by atoms with Crippen LogP contribution in [0, 0.1) is 0 Å². The normalized spacial score (nSPS) is 25.1. The van der Waals surface area contributed by atoms with Crippen molar-refractivity contribution in [2.75, 3.05) is 6.54 Å². The monoisotopic (exact) mass is 224 g/mol. The average molecular weight is 224 g/mol. The molecule has 1 aliphatic rings. The van der Waals surface area contributed by atoms with Gasteiger partial charge in [-0.05, 0) is 32.7 Å². The van der Waals surface area contributed by atoms with Gasteiger partial charge in [0.05, 0.1) is 18.8 Å². The van der Waals surface area contributed by atoms with Gasteiger partial charge in [0.1, 0.15) is 6.10 Å². The molecule has 1 saturated heterocycles. The van der Waals surface area contributed by atoms with Crippen molar-refractivity contribution in [3.63, 3.8) is 0 Å². The molecule has 90 valence electrons. The SMILES string of the molecule is CCCNCc1ncc(C2CCC(C)O2)o1. The second kappa shape index (κ2) is 5.46. The molecular weight excluding hydrogens is 204 g/mol. The standard InChI is InChI=1S/C12H20N2O2/c1-3-6-13-8-12-14-7-11(16-12)10-5-4-9(2)15-10/h7,9-10,13H,3-6,8H2,1-2H3. The number of oxazole rings is 1. The molecule has 16 heavy (non-hydrogen) atoms. The molecule has 0 aliphatic carbocycles. The van der Waals surface area contributed by atoms with E-state index in [-0.39, 0.29) is 6.10 Å². The highest BCUT2D eigenvalue weighted by Gasteiger charge is 2.26. The third kappa shape index (κ3) is 2.83. The summed E-state index contributed by atoms with van der Waals surface area (Å²) in [4.78, 5) is 4.25. The van der Waals surface area contributed by atoms with E-state index in [1.54, 1.807) is 6.20 Å². The summed E-state index contributed by atoms with van der Waals surface area (Å²) in [6, 6.07) is 0. The number of nitrogens with zero attached hydrogens (tertiary/aromatic N) is 1. The van der Waals surface area contributed by atoms with Crippen molar-refractivity contribution in [3.05, 3.63) is 17.8 Å². The van der Waals surface area contributed by atoms with Crippen molar-refractivity contribution in [1.82, 2.24) is 10.3 Å². The number of ether oxygens (including phenoxy) is 1. The summed E-state index contributed by atoms with van der Waals surface area (Å²) in [7, 11) is 0. The lowest BCUT2D eigenvalue weighted by molar-refractivity contribution is 0.0417. The molecule has 1 aromatic rings. The third-order valence-corrected chi connectivity index (χ3v) is 2.82. The molecule has 2 atom stereocenters. The fourth-order valence-electron chi connectivity index (χ4n) is 1.94. The van der Waals surface area contributed by atoms with Crippen molar-refractivity contribution >= 4 is 0 Å². The molecule has 0 aromatic carbocycles. The fraction of sp³-hybridized carbons (Fsp3) is 0.750. The molecule has 4 heteroatoms. The molecule has 2 rings (SSSR count). The maximum absolute atomic E-state index is 5.73. The zero-order chi connectivity index (χ0) is 11.4. The molecule has 0 bridgehead atoms. The number of rotatable bonds is 5. The Morgan fingerprint density at radius 2 is 2.38 bits per heavy atom. The highest BCUT2D eigenvalue weighted by Crippen LogP contribution is 2.32. The van der Waals surface area contributed by atoms with E-state index in [9.17, 15) is 0 Å². The summed E-state index contributed by atoms with van der Waals surface area (Å²) in [5.74, 6) is 1.63. The average Bonchev–Trinajstić information content (AvgIpc) is 2.87. The molecule has 1 fully saturated rings. The first-order valence-electron chi connectivity index (χ1n) is 6.10. The highest BCUT2D eigenvalue weighted by molar-refractivity contribution is 5.00. The Balaban J connectivity index is 1.87. The van der Waals surface area contributed by atoms with Gasteiger partial charge in [0, 0.05) is 0 Å². The Kier molecular flexibility index (Phi) is 3.96. The molecule has 1 N–H and O–H groups in total. The zero-order valence-corrected chi connectivity index (χ0v) is 10.0. The first kappa shape index (κ1) is 11.6. The van der Waals surface area contributed by atoms with Gasteiger partial charge in [-0.1, -0.05) is 6.92 Å². The number of hydrogen-bond donors (Lipinski definition) is 1. The molecule has 0 amide bonds. The fourth-order valence-corrected chi connectivity index (χ4v) is 1.94. The van der Waals surface area contributed by atoms with Gasteiger partial charge in [0.2, 0.25) is 5.89 Å². The Morgan fingerprint density at radius 1 is 1.50 bits per heavy atom. The van der Waals surface area contributed by atoms with E-state index in [4.69, 9.17) is 9.15 Å². The second-order valence-corrected chi connectivity index (χ2v) is 4.35. The van der Waals surface area contributed by atoms with Gasteiger partial charge in [-0.15, -0.1) is 0 Å². The van der Waals surface area contributed by atoms with E-state index in [0.717, 1.165) is 37.5 Å². The number of nitrogens with one attached hydrogen (secondary N) is 1. The van der Waals surface area contributed by atoms with E-state index in [2.05, 4.69) is 24.1 Å². The quantitative estimate of drug-likeness (QED) is 0.780. The van der Waals surface area contributed by atoms with E-state index in [0.29, 0.717) is 12.6 Å². The van der Waals surface area contributed by atoms with Crippen LogP contribution in [-0.4, -0.2) is 17.6 Å². The summed E-state index contributed by atoms with van der Waals surface area (Å²) in [5.41, 5.74) is 0. The van der Waals surface area contributed by atoms with Gasteiger partial charge in [0.15, 0.2) is 5.76 Å². The van der Waals surface area contributed by atoms with Crippen LogP contribution in [0.4, 0.5) is 0 Å². The lowest BCUT2D eigenvalue weighted by atomic mass is 10.2. The summed E-state index contributed by atoms with van der Waals surface area (Å²) in [6.45, 7) is 5.94. The molecule has 2 heterocycles. The van der Waals surface area contributed by atoms with Crippen LogP contribution in [0.1, 0.15) is 50.9 Å². The van der Waals surface area contributed by atoms with Crippen molar-refractivity contribution in [3.8, 4) is 0 Å². The lowest BCUT2D eigenvalue weighted by Crippen LogP contribution is -2.13. The highest BCUT2D eigenvalue weighted by atomic mass is 16.5.